The number of hydrogen-bond acceptors (Lipinski definition) is 5. The Morgan fingerprint density at radius 1 is 0.952 bits per heavy atom. The number of aliphatic imine (C=N–C) groups is 1. The van der Waals surface area contributed by atoms with E-state index in [1.165, 1.54) is 0 Å². The molecule has 0 radical (unpaired) electrons. The molecule has 21 heavy (non-hydrogen) atoms. The molecular formula is C16H31NO4. The zero-order valence-electron chi connectivity index (χ0n) is 14.2. The first kappa shape index (κ1) is 20.2. The summed E-state index contributed by atoms with van der Waals surface area (Å²) < 4.78 is 15.9. The van der Waals surface area contributed by atoms with Crippen LogP contribution >= 0.6 is 0 Å². The van der Waals surface area contributed by atoms with Gasteiger partial charge in [-0.1, -0.05) is 20.8 Å². The van der Waals surface area contributed by atoms with Gasteiger partial charge in [0, 0.05) is 24.2 Å². The first-order valence-corrected chi connectivity index (χ1v) is 7.64. The van der Waals surface area contributed by atoms with Crippen LogP contribution in [0.5, 0.6) is 0 Å². The Labute approximate surface area is 129 Å². The van der Waals surface area contributed by atoms with Crippen LogP contribution in [0.3, 0.4) is 0 Å². The molecule has 0 aliphatic heterocycles. The standard InChI is InChI=1S/C16H31NO4/c1-6-19-9-10-21-12-11-20-8-7-17-14(2)13-15(18)16(3,4)5/h6-13H2,1-5H3. The lowest BCUT2D eigenvalue weighted by atomic mass is 9.88. The van der Waals surface area contributed by atoms with E-state index in [1.807, 2.05) is 34.6 Å². The van der Waals surface area contributed by atoms with Crippen LogP contribution in [0, 0.1) is 5.41 Å². The third-order valence-electron chi connectivity index (χ3n) is 2.82. The lowest BCUT2D eigenvalue weighted by molar-refractivity contribution is -0.125. The van der Waals surface area contributed by atoms with Crippen molar-refractivity contribution in [2.75, 3.05) is 46.2 Å². The van der Waals surface area contributed by atoms with Gasteiger partial charge in [-0.25, -0.2) is 0 Å². The van der Waals surface area contributed by atoms with Crippen LogP contribution in [-0.2, 0) is 19.0 Å². The van der Waals surface area contributed by atoms with Crippen molar-refractivity contribution in [3.05, 3.63) is 0 Å². The monoisotopic (exact) mass is 301 g/mol. The number of carbonyl (C=O) groups excluding carboxylic acids is 1. The van der Waals surface area contributed by atoms with E-state index >= 15 is 0 Å². The fourth-order valence-corrected chi connectivity index (χ4v) is 1.44. The summed E-state index contributed by atoms with van der Waals surface area (Å²) >= 11 is 0. The number of rotatable bonds is 12. The highest BCUT2D eigenvalue weighted by Gasteiger charge is 2.21. The molecule has 5 heteroatoms. The van der Waals surface area contributed by atoms with Gasteiger partial charge in [-0.2, -0.15) is 0 Å². The molecule has 0 aliphatic rings. The predicted octanol–water partition coefficient (Wildman–Crippen LogP) is 2.52. The summed E-state index contributed by atoms with van der Waals surface area (Å²) in [4.78, 5) is 16.2. The average molecular weight is 301 g/mol. The molecule has 0 unspecified atom stereocenters. The van der Waals surface area contributed by atoms with E-state index in [2.05, 4.69) is 4.99 Å². The number of Topliss-reactive ketones (excluding diaryl/α,β-unsaturated/α-hetero) is 1. The molecule has 0 atom stereocenters. The molecule has 0 aromatic carbocycles. The number of ether oxygens (including phenoxy) is 3. The molecular weight excluding hydrogens is 270 g/mol. The minimum atomic E-state index is -0.299. The normalized spacial score (nSPS) is 12.7. The van der Waals surface area contributed by atoms with Gasteiger partial charge in [0.1, 0.15) is 5.78 Å². The van der Waals surface area contributed by atoms with Crippen molar-refractivity contribution in [3.63, 3.8) is 0 Å². The van der Waals surface area contributed by atoms with Gasteiger partial charge in [0.05, 0.1) is 39.6 Å². The van der Waals surface area contributed by atoms with E-state index in [9.17, 15) is 4.79 Å². The molecule has 0 spiro atoms. The van der Waals surface area contributed by atoms with Crippen molar-refractivity contribution < 1.29 is 19.0 Å². The highest BCUT2D eigenvalue weighted by atomic mass is 16.5. The van der Waals surface area contributed by atoms with E-state index in [0.717, 1.165) is 12.3 Å². The first-order chi connectivity index (χ1) is 9.88. The minimum absolute atomic E-state index is 0.215. The summed E-state index contributed by atoms with van der Waals surface area (Å²) in [6, 6.07) is 0. The van der Waals surface area contributed by atoms with Crippen LogP contribution in [0.15, 0.2) is 4.99 Å². The number of hydrogen-bond donors (Lipinski definition) is 0. The largest absolute Gasteiger partial charge is 0.379 e. The second-order valence-electron chi connectivity index (χ2n) is 5.89. The second kappa shape index (κ2) is 11.8. The molecule has 0 amide bonds. The molecule has 0 N–H and O–H groups in total. The van der Waals surface area contributed by atoms with Gasteiger partial charge in [-0.15, -0.1) is 0 Å². The van der Waals surface area contributed by atoms with Crippen molar-refractivity contribution in [1.29, 1.82) is 0 Å². The van der Waals surface area contributed by atoms with Gasteiger partial charge in [0.2, 0.25) is 0 Å². The van der Waals surface area contributed by atoms with E-state index in [4.69, 9.17) is 14.2 Å². The van der Waals surface area contributed by atoms with E-state index in [-0.39, 0.29) is 11.2 Å². The molecule has 124 valence electrons. The summed E-state index contributed by atoms with van der Waals surface area (Å²) in [5, 5.41) is 0. The predicted molar refractivity (Wildman–Crippen MR) is 85.2 cm³/mol. The summed E-state index contributed by atoms with van der Waals surface area (Å²) in [6.07, 6.45) is 0.421. The fourth-order valence-electron chi connectivity index (χ4n) is 1.44. The Balaban J connectivity index is 3.52. The van der Waals surface area contributed by atoms with Crippen LogP contribution in [0.4, 0.5) is 0 Å². The lowest BCUT2D eigenvalue weighted by Gasteiger charge is -2.16. The maximum absolute atomic E-state index is 11.8. The Hall–Kier alpha value is -0.780. The summed E-state index contributed by atoms with van der Waals surface area (Å²) in [5.74, 6) is 0.215. The van der Waals surface area contributed by atoms with Gasteiger partial charge >= 0.3 is 0 Å². The highest BCUT2D eigenvalue weighted by molar-refractivity contribution is 6.02. The van der Waals surface area contributed by atoms with Crippen molar-refractivity contribution >= 4 is 11.5 Å². The molecule has 5 nitrogen and oxygen atoms in total. The Morgan fingerprint density at radius 2 is 1.48 bits per heavy atom. The van der Waals surface area contributed by atoms with Gasteiger partial charge in [-0.05, 0) is 13.8 Å². The van der Waals surface area contributed by atoms with Gasteiger partial charge < -0.3 is 14.2 Å². The second-order valence-corrected chi connectivity index (χ2v) is 5.89. The van der Waals surface area contributed by atoms with Crippen LogP contribution < -0.4 is 0 Å². The van der Waals surface area contributed by atoms with Crippen molar-refractivity contribution in [1.82, 2.24) is 0 Å². The molecule has 0 bridgehead atoms. The van der Waals surface area contributed by atoms with Crippen molar-refractivity contribution in [2.24, 2.45) is 10.4 Å². The molecule has 0 aliphatic carbocycles. The lowest BCUT2D eigenvalue weighted by Crippen LogP contribution is -2.22. The first-order valence-electron chi connectivity index (χ1n) is 7.64. The number of ketones is 1. The fraction of sp³-hybridized carbons (Fsp3) is 0.875. The van der Waals surface area contributed by atoms with Gasteiger partial charge in [-0.3, -0.25) is 9.79 Å². The average Bonchev–Trinajstić information content (AvgIpc) is 2.39. The topological polar surface area (TPSA) is 57.1 Å². The maximum atomic E-state index is 11.8. The van der Waals surface area contributed by atoms with Gasteiger partial charge in [0.25, 0.3) is 0 Å². The smallest absolute Gasteiger partial charge is 0.143 e. The zero-order valence-corrected chi connectivity index (χ0v) is 14.2. The molecule has 0 aromatic rings. The molecule has 0 saturated carbocycles. The third kappa shape index (κ3) is 12.7. The minimum Gasteiger partial charge on any atom is -0.379 e. The summed E-state index contributed by atoms with van der Waals surface area (Å²) in [6.45, 7) is 13.8. The van der Waals surface area contributed by atoms with Crippen LogP contribution in [0.2, 0.25) is 0 Å². The number of carbonyl (C=O) groups is 1. The van der Waals surface area contributed by atoms with Crippen LogP contribution in [0.25, 0.3) is 0 Å². The van der Waals surface area contributed by atoms with Crippen LogP contribution in [-0.4, -0.2) is 57.7 Å². The zero-order chi connectivity index (χ0) is 16.1. The summed E-state index contributed by atoms with van der Waals surface area (Å²) in [7, 11) is 0. The quantitative estimate of drug-likeness (QED) is 0.410. The molecule has 0 heterocycles. The summed E-state index contributed by atoms with van der Waals surface area (Å²) in [5.41, 5.74) is 0.568. The molecule has 0 aromatic heterocycles. The van der Waals surface area contributed by atoms with E-state index in [1.54, 1.807) is 0 Å². The Morgan fingerprint density at radius 3 is 2.00 bits per heavy atom. The van der Waals surface area contributed by atoms with E-state index < -0.39 is 0 Å². The van der Waals surface area contributed by atoms with Crippen molar-refractivity contribution in [2.45, 2.75) is 41.0 Å². The maximum Gasteiger partial charge on any atom is 0.143 e. The Kier molecular flexibility index (Phi) is 11.4. The molecule has 0 saturated heterocycles. The highest BCUT2D eigenvalue weighted by Crippen LogP contribution is 2.16. The van der Waals surface area contributed by atoms with Gasteiger partial charge in [0.15, 0.2) is 0 Å². The van der Waals surface area contributed by atoms with Crippen LogP contribution in [0.1, 0.15) is 41.0 Å². The van der Waals surface area contributed by atoms with E-state index in [0.29, 0.717) is 46.0 Å². The Bertz CT molecular complexity index is 308. The third-order valence-corrected chi connectivity index (χ3v) is 2.82. The van der Waals surface area contributed by atoms with Crippen molar-refractivity contribution in [3.8, 4) is 0 Å². The SMILES string of the molecule is CCOCCOCCOCCN=C(C)CC(=O)C(C)(C)C. The number of nitrogens with zero attached hydrogens (tertiary/aromatic N) is 1. The molecule has 0 rings (SSSR count). The molecule has 0 fully saturated rings.